The molecule has 9 heteroatoms. The van der Waals surface area contributed by atoms with Gasteiger partial charge in [0.2, 0.25) is 0 Å². The van der Waals surface area contributed by atoms with Crippen molar-refractivity contribution in [2.45, 2.75) is 19.4 Å². The minimum atomic E-state index is -0.355. The fraction of sp³-hybridized carbons (Fsp3) is 0.450. The summed E-state index contributed by atoms with van der Waals surface area (Å²) in [6, 6.07) is 7.25. The summed E-state index contributed by atoms with van der Waals surface area (Å²) in [5.41, 5.74) is 1.06. The van der Waals surface area contributed by atoms with Gasteiger partial charge in [-0.2, -0.15) is 0 Å². The number of aromatic nitrogens is 2. The standard InChI is InChI=1S/C20H22ClN3O5/c1-26-13-5-4-12(15(6-13)27-2)8-22-14-7-16(21)23-24-17(14)29-11-19-9-20(19,10-19)18(25)28-3/h4-7H,8-11H2,1-3H3,(H,22,23). The van der Waals surface area contributed by atoms with Crippen molar-refractivity contribution in [2.75, 3.05) is 33.3 Å². The minimum Gasteiger partial charge on any atom is -0.497 e. The first-order chi connectivity index (χ1) is 14.0. The van der Waals surface area contributed by atoms with Crippen LogP contribution in [0.1, 0.15) is 18.4 Å². The molecule has 1 heterocycles. The summed E-state index contributed by atoms with van der Waals surface area (Å²) in [4.78, 5) is 11.9. The maximum Gasteiger partial charge on any atom is 0.312 e. The molecule has 2 saturated carbocycles. The van der Waals surface area contributed by atoms with Crippen LogP contribution >= 0.6 is 11.6 Å². The van der Waals surface area contributed by atoms with E-state index in [-0.39, 0.29) is 22.0 Å². The number of fused-ring (bicyclic) bond motifs is 1. The Hall–Kier alpha value is -2.74. The fourth-order valence-electron chi connectivity index (χ4n) is 3.80. The average molecular weight is 420 g/mol. The number of rotatable bonds is 9. The molecule has 2 fully saturated rings. The van der Waals surface area contributed by atoms with Gasteiger partial charge in [-0.15, -0.1) is 10.2 Å². The van der Waals surface area contributed by atoms with Gasteiger partial charge < -0.3 is 24.3 Å². The Morgan fingerprint density at radius 1 is 1.17 bits per heavy atom. The van der Waals surface area contributed by atoms with Crippen LogP contribution in [0.4, 0.5) is 5.69 Å². The number of anilines is 1. The number of methoxy groups -OCH3 is 3. The van der Waals surface area contributed by atoms with Crippen molar-refractivity contribution in [2.24, 2.45) is 10.8 Å². The van der Waals surface area contributed by atoms with E-state index in [0.717, 1.165) is 18.4 Å². The lowest BCUT2D eigenvalue weighted by atomic mass is 10.2. The zero-order valence-corrected chi connectivity index (χ0v) is 17.2. The molecule has 0 spiro atoms. The van der Waals surface area contributed by atoms with Gasteiger partial charge in [0.15, 0.2) is 5.15 Å². The number of hydrogen-bond acceptors (Lipinski definition) is 8. The molecule has 2 aromatic rings. The molecule has 2 aliphatic carbocycles. The molecular weight excluding hydrogens is 398 g/mol. The van der Waals surface area contributed by atoms with Crippen LogP contribution in [0.25, 0.3) is 0 Å². The topological polar surface area (TPSA) is 91.8 Å². The maximum absolute atomic E-state index is 11.9. The van der Waals surface area contributed by atoms with E-state index in [9.17, 15) is 4.79 Å². The van der Waals surface area contributed by atoms with Gasteiger partial charge in [0.25, 0.3) is 5.88 Å². The van der Waals surface area contributed by atoms with Crippen LogP contribution in [0.3, 0.4) is 0 Å². The molecule has 1 N–H and O–H groups in total. The SMILES string of the molecule is COC(=O)C12CC1(COc1nnc(Cl)cc1NCc1ccc(OC)cc1OC)C2. The zero-order valence-electron chi connectivity index (χ0n) is 16.5. The van der Waals surface area contributed by atoms with E-state index < -0.39 is 0 Å². The van der Waals surface area contributed by atoms with Crippen LogP contribution in [0.5, 0.6) is 17.4 Å². The smallest absolute Gasteiger partial charge is 0.312 e. The Kier molecular flexibility index (Phi) is 4.90. The molecule has 0 bridgehead atoms. The first-order valence-electron chi connectivity index (χ1n) is 9.16. The summed E-state index contributed by atoms with van der Waals surface area (Å²) in [7, 11) is 4.63. The Labute approximate surface area is 173 Å². The number of esters is 1. The number of carbonyl (C=O) groups excluding carboxylic acids is 1. The fourth-order valence-corrected chi connectivity index (χ4v) is 3.94. The molecule has 0 unspecified atom stereocenters. The van der Waals surface area contributed by atoms with Crippen molar-refractivity contribution < 1.29 is 23.7 Å². The van der Waals surface area contributed by atoms with Gasteiger partial charge in [-0.05, 0) is 25.0 Å². The van der Waals surface area contributed by atoms with E-state index in [1.54, 1.807) is 20.3 Å². The number of halogens is 1. The van der Waals surface area contributed by atoms with Crippen molar-refractivity contribution in [1.29, 1.82) is 0 Å². The van der Waals surface area contributed by atoms with Crippen LogP contribution in [0.2, 0.25) is 5.15 Å². The first-order valence-corrected chi connectivity index (χ1v) is 9.54. The van der Waals surface area contributed by atoms with Crippen LogP contribution in [0.15, 0.2) is 24.3 Å². The second kappa shape index (κ2) is 7.26. The highest BCUT2D eigenvalue weighted by Crippen LogP contribution is 2.86. The lowest BCUT2D eigenvalue weighted by Gasteiger charge is -2.14. The highest BCUT2D eigenvalue weighted by atomic mass is 35.5. The van der Waals surface area contributed by atoms with Crippen LogP contribution < -0.4 is 19.5 Å². The third-order valence-corrected chi connectivity index (χ3v) is 5.99. The minimum absolute atomic E-state index is 0.127. The molecule has 0 atom stereocenters. The van der Waals surface area contributed by atoms with Crippen molar-refractivity contribution >= 4 is 23.3 Å². The number of ether oxygens (including phenoxy) is 4. The van der Waals surface area contributed by atoms with Gasteiger partial charge in [0.05, 0.1) is 33.4 Å². The quantitative estimate of drug-likeness (QED) is 0.620. The molecule has 0 saturated heterocycles. The van der Waals surface area contributed by atoms with Crippen molar-refractivity contribution in [3.05, 3.63) is 35.0 Å². The van der Waals surface area contributed by atoms with E-state index in [2.05, 4.69) is 15.5 Å². The average Bonchev–Trinajstić information content (AvgIpc) is 3.58. The van der Waals surface area contributed by atoms with Gasteiger partial charge in [-0.3, -0.25) is 4.79 Å². The van der Waals surface area contributed by atoms with E-state index >= 15 is 0 Å². The summed E-state index contributed by atoms with van der Waals surface area (Å²) in [6.07, 6.45) is 1.58. The predicted molar refractivity (Wildman–Crippen MR) is 106 cm³/mol. The second-order valence-corrected chi connectivity index (χ2v) is 7.80. The number of nitrogens with zero attached hydrogens (tertiary/aromatic N) is 2. The number of carbonyl (C=O) groups is 1. The van der Waals surface area contributed by atoms with Crippen molar-refractivity contribution in [1.82, 2.24) is 10.2 Å². The Bertz CT molecular complexity index is 946. The van der Waals surface area contributed by atoms with Gasteiger partial charge >= 0.3 is 5.97 Å². The van der Waals surface area contributed by atoms with Gasteiger partial charge in [0.1, 0.15) is 17.2 Å². The second-order valence-electron chi connectivity index (χ2n) is 7.41. The Balaban J connectivity index is 1.44. The number of hydrogen-bond donors (Lipinski definition) is 1. The monoisotopic (exact) mass is 419 g/mol. The van der Waals surface area contributed by atoms with E-state index in [0.29, 0.717) is 36.2 Å². The van der Waals surface area contributed by atoms with Gasteiger partial charge in [0, 0.05) is 29.7 Å². The zero-order chi connectivity index (χ0) is 20.6. The Morgan fingerprint density at radius 2 is 1.97 bits per heavy atom. The van der Waals surface area contributed by atoms with Crippen LogP contribution in [-0.4, -0.2) is 44.1 Å². The van der Waals surface area contributed by atoms with Gasteiger partial charge in [-0.25, -0.2) is 0 Å². The van der Waals surface area contributed by atoms with Crippen molar-refractivity contribution in [3.63, 3.8) is 0 Å². The molecule has 1 aromatic carbocycles. The van der Waals surface area contributed by atoms with Crippen molar-refractivity contribution in [3.8, 4) is 17.4 Å². The largest absolute Gasteiger partial charge is 0.497 e. The molecule has 154 valence electrons. The molecule has 8 nitrogen and oxygen atoms in total. The normalized spacial score (nSPS) is 23.6. The molecule has 0 aliphatic heterocycles. The molecule has 0 amide bonds. The summed E-state index contributed by atoms with van der Waals surface area (Å²) in [6.45, 7) is 0.849. The molecule has 0 radical (unpaired) electrons. The molecule has 29 heavy (non-hydrogen) atoms. The predicted octanol–water partition coefficient (Wildman–Crippen LogP) is 3.09. The summed E-state index contributed by atoms with van der Waals surface area (Å²) in [5.74, 6) is 1.60. The van der Waals surface area contributed by atoms with Crippen LogP contribution in [-0.2, 0) is 16.1 Å². The van der Waals surface area contributed by atoms with E-state index in [1.807, 2.05) is 18.2 Å². The van der Waals surface area contributed by atoms with E-state index in [1.165, 1.54) is 7.11 Å². The number of nitrogens with one attached hydrogen (secondary N) is 1. The molecule has 4 rings (SSSR count). The lowest BCUT2D eigenvalue weighted by molar-refractivity contribution is -0.144. The molecular formula is C20H22ClN3O5. The highest BCUT2D eigenvalue weighted by molar-refractivity contribution is 6.29. The lowest BCUT2D eigenvalue weighted by Crippen LogP contribution is -2.11. The summed E-state index contributed by atoms with van der Waals surface area (Å²) in [5, 5.41) is 11.5. The highest BCUT2D eigenvalue weighted by Gasteiger charge is 2.88. The molecule has 2 aliphatic rings. The third kappa shape index (κ3) is 3.42. The molecule has 1 aromatic heterocycles. The van der Waals surface area contributed by atoms with Crippen LogP contribution in [0, 0.1) is 10.8 Å². The summed E-state index contributed by atoms with van der Waals surface area (Å²) < 4.78 is 21.5. The summed E-state index contributed by atoms with van der Waals surface area (Å²) >= 11 is 6.02. The van der Waals surface area contributed by atoms with E-state index in [4.69, 9.17) is 30.5 Å². The van der Waals surface area contributed by atoms with Gasteiger partial charge in [-0.1, -0.05) is 11.6 Å². The number of benzene rings is 1. The maximum atomic E-state index is 11.9. The Morgan fingerprint density at radius 3 is 2.66 bits per heavy atom. The third-order valence-electron chi connectivity index (χ3n) is 5.80. The first kappa shape index (κ1) is 19.6.